The molecule has 0 saturated carbocycles. The largest absolute Gasteiger partial charge is 0.355 e. The molecule has 0 fully saturated rings. The number of aryl methyl sites for hydroxylation is 1. The first kappa shape index (κ1) is 22.6. The number of nitrogens with two attached hydrogens (primary N) is 1. The van der Waals surface area contributed by atoms with Crippen molar-refractivity contribution in [3.05, 3.63) is 65.2 Å². The quantitative estimate of drug-likeness (QED) is 0.576. The molecular weight excluding hydrogens is 362 g/mol. The maximum atomic E-state index is 12.4. The van der Waals surface area contributed by atoms with Gasteiger partial charge in [0.2, 0.25) is 0 Å². The molecule has 2 amide bonds. The summed E-state index contributed by atoms with van der Waals surface area (Å²) in [5.41, 5.74) is 3.88. The number of benzene rings is 2. The van der Waals surface area contributed by atoms with E-state index in [2.05, 4.69) is 61.0 Å². The van der Waals surface area contributed by atoms with Crippen LogP contribution in [-0.2, 0) is 11.2 Å². The number of hydrogen-bond donors (Lipinski definition) is 3. The number of unbranched alkanes of at least 4 members (excludes halogenated alkanes) is 1. The van der Waals surface area contributed by atoms with E-state index in [1.54, 1.807) is 31.3 Å². The standard InChI is InChI=1S/C24H33N3O2/c1-5-6-7-18-8-10-19(11-9-18)23(17(2)3)26-16-22(28)27-21-14-12-20(13-15-21)24(29)25-4/h8-15,17,23,26H,5-7,16H2,1-4H3,(H,25,29)(H,27,28)/p+1/t23-/m0/s1. The minimum Gasteiger partial charge on any atom is -0.355 e. The lowest BCUT2D eigenvalue weighted by atomic mass is 9.94. The molecule has 0 heterocycles. The highest BCUT2D eigenvalue weighted by molar-refractivity contribution is 5.95. The summed E-state index contributed by atoms with van der Waals surface area (Å²) < 4.78 is 0. The van der Waals surface area contributed by atoms with Gasteiger partial charge in [0.1, 0.15) is 6.04 Å². The predicted molar refractivity (Wildman–Crippen MR) is 118 cm³/mol. The molecule has 4 N–H and O–H groups in total. The Balaban J connectivity index is 1.92. The maximum absolute atomic E-state index is 12.4. The Morgan fingerprint density at radius 2 is 1.66 bits per heavy atom. The van der Waals surface area contributed by atoms with Crippen LogP contribution >= 0.6 is 0 Å². The fraction of sp³-hybridized carbons (Fsp3) is 0.417. The zero-order valence-corrected chi connectivity index (χ0v) is 18.0. The molecule has 0 aromatic heterocycles. The molecule has 2 aromatic rings. The van der Waals surface area contributed by atoms with Crippen LogP contribution in [-0.4, -0.2) is 25.4 Å². The third-order valence-electron chi connectivity index (χ3n) is 5.12. The van der Waals surface area contributed by atoms with E-state index in [0.29, 0.717) is 23.7 Å². The Morgan fingerprint density at radius 1 is 1.00 bits per heavy atom. The predicted octanol–water partition coefficient (Wildman–Crippen LogP) is 3.29. The van der Waals surface area contributed by atoms with Gasteiger partial charge in [-0.05, 0) is 42.7 Å². The second-order valence-corrected chi connectivity index (χ2v) is 7.76. The van der Waals surface area contributed by atoms with Crippen molar-refractivity contribution in [3.63, 3.8) is 0 Å². The van der Waals surface area contributed by atoms with Crippen LogP contribution in [0.1, 0.15) is 61.1 Å². The lowest BCUT2D eigenvalue weighted by Crippen LogP contribution is -2.88. The van der Waals surface area contributed by atoms with E-state index in [4.69, 9.17) is 0 Å². The van der Waals surface area contributed by atoms with Gasteiger partial charge >= 0.3 is 0 Å². The van der Waals surface area contributed by atoms with Crippen LogP contribution in [0.25, 0.3) is 0 Å². The Labute approximate surface area is 174 Å². The van der Waals surface area contributed by atoms with Crippen LogP contribution in [0.3, 0.4) is 0 Å². The van der Waals surface area contributed by atoms with E-state index in [1.807, 2.05) is 0 Å². The monoisotopic (exact) mass is 396 g/mol. The van der Waals surface area contributed by atoms with Crippen molar-refractivity contribution in [2.45, 2.75) is 46.1 Å². The highest BCUT2D eigenvalue weighted by Crippen LogP contribution is 2.19. The van der Waals surface area contributed by atoms with E-state index >= 15 is 0 Å². The average Bonchev–Trinajstić information content (AvgIpc) is 2.73. The first-order chi connectivity index (χ1) is 13.9. The third kappa shape index (κ3) is 7.02. The lowest BCUT2D eigenvalue weighted by molar-refractivity contribution is -0.692. The third-order valence-corrected chi connectivity index (χ3v) is 5.12. The van der Waals surface area contributed by atoms with Crippen LogP contribution in [0, 0.1) is 5.92 Å². The molecule has 0 radical (unpaired) electrons. The van der Waals surface area contributed by atoms with Crippen LogP contribution in [0.4, 0.5) is 5.69 Å². The van der Waals surface area contributed by atoms with Crippen molar-refractivity contribution in [2.24, 2.45) is 5.92 Å². The van der Waals surface area contributed by atoms with Crippen molar-refractivity contribution in [1.82, 2.24) is 5.32 Å². The molecule has 0 bridgehead atoms. The van der Waals surface area contributed by atoms with E-state index in [-0.39, 0.29) is 17.9 Å². The number of quaternary nitrogens is 1. The molecule has 156 valence electrons. The highest BCUT2D eigenvalue weighted by atomic mass is 16.2. The van der Waals surface area contributed by atoms with Crippen LogP contribution in [0.2, 0.25) is 0 Å². The van der Waals surface area contributed by atoms with Crippen LogP contribution < -0.4 is 16.0 Å². The summed E-state index contributed by atoms with van der Waals surface area (Å²) in [4.78, 5) is 24.0. The first-order valence-electron chi connectivity index (χ1n) is 10.5. The Morgan fingerprint density at radius 3 is 2.21 bits per heavy atom. The zero-order valence-electron chi connectivity index (χ0n) is 18.0. The van der Waals surface area contributed by atoms with Gasteiger partial charge in [-0.15, -0.1) is 0 Å². The van der Waals surface area contributed by atoms with Crippen molar-refractivity contribution in [2.75, 3.05) is 18.9 Å². The number of rotatable bonds is 10. The summed E-state index contributed by atoms with van der Waals surface area (Å²) in [6.07, 6.45) is 3.53. The molecule has 29 heavy (non-hydrogen) atoms. The fourth-order valence-corrected chi connectivity index (χ4v) is 3.38. The molecule has 2 aromatic carbocycles. The van der Waals surface area contributed by atoms with E-state index < -0.39 is 0 Å². The van der Waals surface area contributed by atoms with Crippen molar-refractivity contribution < 1.29 is 14.9 Å². The van der Waals surface area contributed by atoms with Gasteiger partial charge in [0.05, 0.1) is 0 Å². The summed E-state index contributed by atoms with van der Waals surface area (Å²) in [6.45, 7) is 6.92. The Hall–Kier alpha value is -2.66. The van der Waals surface area contributed by atoms with Crippen molar-refractivity contribution in [1.29, 1.82) is 0 Å². The average molecular weight is 397 g/mol. The second-order valence-electron chi connectivity index (χ2n) is 7.76. The van der Waals surface area contributed by atoms with Crippen LogP contribution in [0.5, 0.6) is 0 Å². The van der Waals surface area contributed by atoms with Gasteiger partial charge in [0, 0.05) is 29.8 Å². The molecule has 0 unspecified atom stereocenters. The van der Waals surface area contributed by atoms with E-state index in [9.17, 15) is 9.59 Å². The Bertz CT molecular complexity index is 783. The molecular formula is C24H34N3O2+. The minimum atomic E-state index is -0.142. The van der Waals surface area contributed by atoms with Crippen molar-refractivity contribution >= 4 is 17.5 Å². The molecule has 0 saturated heterocycles. The zero-order chi connectivity index (χ0) is 21.2. The topological polar surface area (TPSA) is 74.8 Å². The first-order valence-corrected chi connectivity index (χ1v) is 10.5. The van der Waals surface area contributed by atoms with E-state index in [1.165, 1.54) is 24.0 Å². The number of carbonyl (C=O) groups is 2. The molecule has 0 aliphatic heterocycles. The summed E-state index contributed by atoms with van der Waals surface area (Å²) in [6, 6.07) is 15.9. The van der Waals surface area contributed by atoms with E-state index in [0.717, 1.165) is 6.42 Å². The fourth-order valence-electron chi connectivity index (χ4n) is 3.38. The van der Waals surface area contributed by atoms with Crippen molar-refractivity contribution in [3.8, 4) is 0 Å². The summed E-state index contributed by atoms with van der Waals surface area (Å²) >= 11 is 0. The molecule has 0 aliphatic carbocycles. The summed E-state index contributed by atoms with van der Waals surface area (Å²) in [7, 11) is 1.59. The molecule has 5 heteroatoms. The van der Waals surface area contributed by atoms with Gasteiger partial charge in [-0.25, -0.2) is 0 Å². The van der Waals surface area contributed by atoms with Gasteiger partial charge in [-0.2, -0.15) is 0 Å². The molecule has 0 spiro atoms. The normalized spacial score (nSPS) is 11.9. The molecule has 0 aliphatic rings. The minimum absolute atomic E-state index is 0.0529. The van der Waals surface area contributed by atoms with Gasteiger partial charge in [0.15, 0.2) is 6.54 Å². The summed E-state index contributed by atoms with van der Waals surface area (Å²) in [5.74, 6) is 0.218. The smallest absolute Gasteiger partial charge is 0.279 e. The Kier molecular flexibility index (Phi) is 8.87. The number of anilines is 1. The van der Waals surface area contributed by atoms with Gasteiger partial charge in [-0.3, -0.25) is 9.59 Å². The lowest BCUT2D eigenvalue weighted by Gasteiger charge is -2.20. The molecule has 5 nitrogen and oxygen atoms in total. The number of nitrogens with one attached hydrogen (secondary N) is 2. The molecule has 1 atom stereocenters. The summed E-state index contributed by atoms with van der Waals surface area (Å²) in [5, 5.41) is 7.58. The SMILES string of the molecule is CCCCc1ccc([C@@H]([NH2+]CC(=O)Nc2ccc(C(=O)NC)cc2)C(C)C)cc1. The number of hydrogen-bond acceptors (Lipinski definition) is 2. The van der Waals surface area contributed by atoms with Gasteiger partial charge in [0.25, 0.3) is 11.8 Å². The maximum Gasteiger partial charge on any atom is 0.279 e. The second kappa shape index (κ2) is 11.4. The van der Waals surface area contributed by atoms with Crippen LogP contribution in [0.15, 0.2) is 48.5 Å². The van der Waals surface area contributed by atoms with Gasteiger partial charge < -0.3 is 16.0 Å². The number of carbonyl (C=O) groups excluding carboxylic acids is 2. The van der Waals surface area contributed by atoms with Gasteiger partial charge in [-0.1, -0.05) is 51.5 Å². The molecule has 2 rings (SSSR count). The highest BCUT2D eigenvalue weighted by Gasteiger charge is 2.20. The number of amides is 2.